The maximum Gasteiger partial charge on any atom is 0.328 e. The molecule has 0 amide bonds. The number of carbonyl (C=O) groups excluding carboxylic acids is 1. The molecule has 6 heteroatoms. The summed E-state index contributed by atoms with van der Waals surface area (Å²) in [6.07, 6.45) is 1.87. The summed E-state index contributed by atoms with van der Waals surface area (Å²) >= 11 is 0. The van der Waals surface area contributed by atoms with Crippen molar-refractivity contribution < 1.29 is 24.6 Å². The summed E-state index contributed by atoms with van der Waals surface area (Å²) in [5.41, 5.74) is 0. The molecule has 0 aromatic heterocycles. The molecule has 0 heterocycles. The number of hydrogen-bond donors (Lipinski definition) is 3. The summed E-state index contributed by atoms with van der Waals surface area (Å²) < 4.78 is 0. The van der Waals surface area contributed by atoms with Crippen molar-refractivity contribution in [2.75, 3.05) is 0 Å². The minimum atomic E-state index is -1.26. The summed E-state index contributed by atoms with van der Waals surface area (Å²) in [7, 11) is 0. The highest BCUT2D eigenvalue weighted by molar-refractivity contribution is 5.89. The molecule has 0 aliphatic heterocycles. The Labute approximate surface area is 61.3 Å². The largest absolute Gasteiger partial charge is 0.478 e. The number of nitrogens with one attached hydrogen (secondary N) is 1. The monoisotopic (exact) mass is 159 g/mol. The fraction of sp³-hybridized carbons (Fsp3) is 0. The first-order chi connectivity index (χ1) is 5.04. The van der Waals surface area contributed by atoms with Crippen molar-refractivity contribution in [3.63, 3.8) is 0 Å². The van der Waals surface area contributed by atoms with E-state index in [-0.39, 0.29) is 0 Å². The van der Waals surface area contributed by atoms with Crippen molar-refractivity contribution in [1.29, 1.82) is 5.41 Å². The summed E-state index contributed by atoms with van der Waals surface area (Å²) in [6, 6.07) is 0. The first kappa shape index (κ1) is 11.8. The second-order valence-electron chi connectivity index (χ2n) is 1.11. The highest BCUT2D eigenvalue weighted by Gasteiger charge is 1.88. The van der Waals surface area contributed by atoms with Crippen LogP contribution in [0.5, 0.6) is 0 Å². The highest BCUT2D eigenvalue weighted by atomic mass is 16.4. The SMILES string of the molecule is N=C=O.O=C(O)/C=C\C(=O)O. The van der Waals surface area contributed by atoms with Crippen molar-refractivity contribution in [3.05, 3.63) is 12.2 Å². The fourth-order valence-electron chi connectivity index (χ4n) is 0.143. The Morgan fingerprint density at radius 3 is 1.45 bits per heavy atom. The zero-order chi connectivity index (χ0) is 9.28. The van der Waals surface area contributed by atoms with Gasteiger partial charge >= 0.3 is 11.9 Å². The van der Waals surface area contributed by atoms with E-state index in [1.807, 2.05) is 0 Å². The molecule has 6 nitrogen and oxygen atoms in total. The molecule has 0 aliphatic rings. The second kappa shape index (κ2) is 8.06. The van der Waals surface area contributed by atoms with E-state index in [9.17, 15) is 9.59 Å². The van der Waals surface area contributed by atoms with Gasteiger partial charge in [0.1, 0.15) is 0 Å². The second-order valence-corrected chi connectivity index (χ2v) is 1.11. The van der Waals surface area contributed by atoms with Crippen LogP contribution in [0, 0.1) is 5.41 Å². The smallest absolute Gasteiger partial charge is 0.328 e. The summed E-state index contributed by atoms with van der Waals surface area (Å²) in [5.74, 6) is -2.51. The summed E-state index contributed by atoms with van der Waals surface area (Å²) in [6.45, 7) is 0. The average Bonchev–Trinajstić information content (AvgIpc) is 1.85. The normalized spacial score (nSPS) is 7.64. The number of carboxylic acids is 2. The van der Waals surface area contributed by atoms with Gasteiger partial charge in [0.15, 0.2) is 0 Å². The van der Waals surface area contributed by atoms with E-state index >= 15 is 0 Å². The van der Waals surface area contributed by atoms with Gasteiger partial charge in [0, 0.05) is 12.2 Å². The average molecular weight is 159 g/mol. The minimum Gasteiger partial charge on any atom is -0.478 e. The number of carboxylic acid groups (broad SMARTS) is 2. The molecule has 3 N–H and O–H groups in total. The van der Waals surface area contributed by atoms with Crippen LogP contribution in [-0.4, -0.2) is 28.2 Å². The van der Waals surface area contributed by atoms with Gasteiger partial charge in [-0.1, -0.05) is 0 Å². The van der Waals surface area contributed by atoms with Gasteiger partial charge < -0.3 is 10.2 Å². The molecule has 0 saturated carbocycles. The Morgan fingerprint density at radius 1 is 1.18 bits per heavy atom. The molecule has 0 saturated heterocycles. The Kier molecular flexibility index (Phi) is 8.65. The summed E-state index contributed by atoms with van der Waals surface area (Å²) in [4.78, 5) is 27.5. The van der Waals surface area contributed by atoms with Gasteiger partial charge in [-0.25, -0.2) is 19.8 Å². The lowest BCUT2D eigenvalue weighted by Crippen LogP contribution is -1.91. The molecular weight excluding hydrogens is 154 g/mol. The predicted molar refractivity (Wildman–Crippen MR) is 32.8 cm³/mol. The Balaban J connectivity index is 0. The first-order valence-electron chi connectivity index (χ1n) is 2.22. The molecule has 0 spiro atoms. The minimum absolute atomic E-state index is 0.558. The van der Waals surface area contributed by atoms with Crippen LogP contribution >= 0.6 is 0 Å². The highest BCUT2D eigenvalue weighted by Crippen LogP contribution is 1.70. The summed E-state index contributed by atoms with van der Waals surface area (Å²) in [5, 5.41) is 21.0. The molecule has 0 bridgehead atoms. The van der Waals surface area contributed by atoms with Crippen molar-refractivity contribution in [2.45, 2.75) is 0 Å². The standard InChI is InChI=1S/C4H4O4.CHNO/c5-3(6)1-2-4(7)8;2-1-3/h1-2H,(H,5,6)(H,7,8);2H/b2-1-;. The third-order valence-electron chi connectivity index (χ3n) is 0.368. The number of rotatable bonds is 2. The number of aliphatic carboxylic acids is 2. The third kappa shape index (κ3) is 31.6. The van der Waals surface area contributed by atoms with Crippen molar-refractivity contribution >= 4 is 18.0 Å². The van der Waals surface area contributed by atoms with Gasteiger partial charge in [-0.3, -0.25) is 0 Å². The van der Waals surface area contributed by atoms with Crippen LogP contribution in [-0.2, 0) is 14.4 Å². The van der Waals surface area contributed by atoms with E-state index in [0.717, 1.165) is 6.08 Å². The van der Waals surface area contributed by atoms with E-state index in [2.05, 4.69) is 0 Å². The quantitative estimate of drug-likeness (QED) is 0.288. The molecule has 0 atom stereocenters. The van der Waals surface area contributed by atoms with Crippen molar-refractivity contribution in [3.8, 4) is 0 Å². The third-order valence-corrected chi connectivity index (χ3v) is 0.368. The van der Waals surface area contributed by atoms with Crippen LogP contribution in [0.2, 0.25) is 0 Å². The van der Waals surface area contributed by atoms with Gasteiger partial charge in [0.05, 0.1) is 0 Å². The molecule has 0 fully saturated rings. The van der Waals surface area contributed by atoms with Crippen LogP contribution < -0.4 is 0 Å². The van der Waals surface area contributed by atoms with Gasteiger partial charge in [0.25, 0.3) is 0 Å². The van der Waals surface area contributed by atoms with Crippen LogP contribution in [0.15, 0.2) is 12.2 Å². The molecule has 0 aromatic carbocycles. The van der Waals surface area contributed by atoms with Gasteiger partial charge in [-0.05, 0) is 0 Å². The Bertz CT molecular complexity index is 185. The van der Waals surface area contributed by atoms with Gasteiger partial charge in [0.2, 0.25) is 6.08 Å². The van der Waals surface area contributed by atoms with Crippen LogP contribution in [0.1, 0.15) is 0 Å². The van der Waals surface area contributed by atoms with Gasteiger partial charge in [-0.15, -0.1) is 0 Å². The predicted octanol–water partition coefficient (Wildman–Crippen LogP) is -0.387. The van der Waals surface area contributed by atoms with Crippen LogP contribution in [0.25, 0.3) is 0 Å². The lowest BCUT2D eigenvalue weighted by atomic mass is 10.5. The Morgan fingerprint density at radius 2 is 1.36 bits per heavy atom. The zero-order valence-electron chi connectivity index (χ0n) is 5.27. The lowest BCUT2D eigenvalue weighted by Gasteiger charge is -1.74. The maximum atomic E-state index is 9.55. The van der Waals surface area contributed by atoms with E-state index in [1.54, 1.807) is 0 Å². The number of isocyanates is 1. The molecule has 60 valence electrons. The zero-order valence-corrected chi connectivity index (χ0v) is 5.27. The van der Waals surface area contributed by atoms with Crippen LogP contribution in [0.4, 0.5) is 0 Å². The van der Waals surface area contributed by atoms with E-state index in [4.69, 9.17) is 20.4 Å². The lowest BCUT2D eigenvalue weighted by molar-refractivity contribution is -0.134. The molecular formula is C5H5NO5. The molecule has 0 aliphatic carbocycles. The van der Waals surface area contributed by atoms with Crippen molar-refractivity contribution in [2.24, 2.45) is 0 Å². The molecule has 0 rings (SSSR count). The number of hydrogen-bond acceptors (Lipinski definition) is 4. The number of carbonyl (C=O) groups is 2. The van der Waals surface area contributed by atoms with E-state index < -0.39 is 11.9 Å². The van der Waals surface area contributed by atoms with Crippen LogP contribution in [0.3, 0.4) is 0 Å². The topological polar surface area (TPSA) is 116 Å². The van der Waals surface area contributed by atoms with E-state index in [0.29, 0.717) is 12.2 Å². The maximum absolute atomic E-state index is 9.55. The molecule has 0 unspecified atom stereocenters. The van der Waals surface area contributed by atoms with Crippen molar-refractivity contribution in [1.82, 2.24) is 0 Å². The van der Waals surface area contributed by atoms with Gasteiger partial charge in [-0.2, -0.15) is 0 Å². The Hall–Kier alpha value is -1.94. The first-order valence-corrected chi connectivity index (χ1v) is 2.22. The van der Waals surface area contributed by atoms with E-state index in [1.165, 1.54) is 0 Å². The fourth-order valence-corrected chi connectivity index (χ4v) is 0.143. The molecule has 11 heavy (non-hydrogen) atoms. The molecule has 0 radical (unpaired) electrons. The molecule has 0 aromatic rings.